The normalized spacial score (nSPS) is 13.7. The van der Waals surface area contributed by atoms with E-state index >= 15 is 0 Å². The van der Waals surface area contributed by atoms with Crippen molar-refractivity contribution >= 4 is 22.8 Å². The van der Waals surface area contributed by atoms with Crippen molar-refractivity contribution < 1.29 is 24.5 Å². The molecule has 44 heavy (non-hydrogen) atoms. The first-order chi connectivity index (χ1) is 20.8. The molecule has 0 spiro atoms. The zero-order valence-electron chi connectivity index (χ0n) is 25.8. The van der Waals surface area contributed by atoms with Crippen LogP contribution in [-0.2, 0) is 12.6 Å². The summed E-state index contributed by atoms with van der Waals surface area (Å²) in [5.41, 5.74) is 8.07. The number of aliphatic hydroxyl groups is 1. The van der Waals surface area contributed by atoms with E-state index in [1.807, 2.05) is 101 Å². The van der Waals surface area contributed by atoms with Gasteiger partial charge in [0.25, 0.3) is 0 Å². The molecule has 4 aromatic carbocycles. The third-order valence-electron chi connectivity index (χ3n) is 7.93. The molecule has 1 amide bonds. The molecule has 1 heterocycles. The smallest absolute Gasteiger partial charge is 0.405 e. The third kappa shape index (κ3) is 5.78. The van der Waals surface area contributed by atoms with Crippen LogP contribution >= 0.6 is 0 Å². The first-order valence-electron chi connectivity index (χ1n) is 14.3. The van der Waals surface area contributed by atoms with Gasteiger partial charge in [0, 0.05) is 24.4 Å². The number of anilines is 1. The Morgan fingerprint density at radius 2 is 1.41 bits per heavy atom. The number of hydrogen-bond acceptors (Lipinski definition) is 6. The molecule has 5 aromatic rings. The van der Waals surface area contributed by atoms with Crippen molar-refractivity contribution in [2.24, 2.45) is 12.5 Å². The minimum absolute atomic E-state index is 0.251. The molecule has 5 N–H and O–H groups in total. The number of nitrogen functional groups attached to an aromatic ring is 1. The number of rotatable bonds is 8. The molecule has 0 fully saturated rings. The molecule has 2 unspecified atom stereocenters. The van der Waals surface area contributed by atoms with Crippen molar-refractivity contribution in [3.05, 3.63) is 107 Å². The van der Waals surface area contributed by atoms with Gasteiger partial charge in [0.05, 0.1) is 11.0 Å². The summed E-state index contributed by atoms with van der Waals surface area (Å²) in [6.45, 7) is 9.49. The highest BCUT2D eigenvalue weighted by Gasteiger charge is 2.53. The van der Waals surface area contributed by atoms with E-state index in [1.54, 1.807) is 29.8 Å². The molecule has 5 rings (SSSR count). The molecule has 9 heteroatoms. The molecule has 0 aliphatic rings. The van der Waals surface area contributed by atoms with Crippen LogP contribution in [0.5, 0.6) is 23.0 Å². The second-order valence-corrected chi connectivity index (χ2v) is 12.2. The number of nitrogens with one attached hydrogen (secondary N) is 1. The number of nitrogens with two attached hydrogens (primary N) is 1. The molecule has 228 valence electrons. The lowest BCUT2D eigenvalue weighted by atomic mass is 9.65. The molecule has 0 aliphatic heterocycles. The fraction of sp³-hybridized carbons (Fsp3) is 0.257. The quantitative estimate of drug-likeness (QED) is 0.136. The third-order valence-corrected chi connectivity index (χ3v) is 7.93. The Morgan fingerprint density at radius 3 is 1.95 bits per heavy atom. The molecule has 0 saturated carbocycles. The van der Waals surface area contributed by atoms with Gasteiger partial charge in [-0.3, -0.25) is 0 Å². The standard InChI is InChI=1S/C35H38N4O5/c1-21-9-7-11-23(17-21)43-25-13-15-28(36)27(19-25)35(34(3,4)5,38-33(41)42)31(40)32-37-29-16-14-26(20-30(29)39(32)6)44-24-12-8-10-22(2)18-24/h7-20,31,38,40H,36H2,1-6H3,(H,41,42). The molecule has 0 bridgehead atoms. The van der Waals surface area contributed by atoms with Gasteiger partial charge in [-0.2, -0.15) is 0 Å². The number of nitrogens with zero attached hydrogens (tertiary/aromatic N) is 2. The lowest BCUT2D eigenvalue weighted by molar-refractivity contribution is -0.0209. The van der Waals surface area contributed by atoms with Gasteiger partial charge in [-0.1, -0.05) is 45.0 Å². The van der Waals surface area contributed by atoms with Gasteiger partial charge >= 0.3 is 6.09 Å². The largest absolute Gasteiger partial charge is 0.465 e. The number of carboxylic acid groups (broad SMARTS) is 1. The molecule has 1 aromatic heterocycles. The van der Waals surface area contributed by atoms with Crippen molar-refractivity contribution in [3.8, 4) is 23.0 Å². The van der Waals surface area contributed by atoms with Crippen LogP contribution in [0.2, 0.25) is 0 Å². The average Bonchev–Trinajstić information content (AvgIpc) is 3.27. The van der Waals surface area contributed by atoms with E-state index < -0.39 is 23.2 Å². The monoisotopic (exact) mass is 594 g/mol. The van der Waals surface area contributed by atoms with Crippen LogP contribution in [0, 0.1) is 19.3 Å². The topological polar surface area (TPSA) is 132 Å². The zero-order chi connectivity index (χ0) is 31.8. The van der Waals surface area contributed by atoms with Crippen molar-refractivity contribution in [2.45, 2.75) is 46.3 Å². The summed E-state index contributed by atoms with van der Waals surface area (Å²) < 4.78 is 14.0. The van der Waals surface area contributed by atoms with Gasteiger partial charge in [-0.25, -0.2) is 9.78 Å². The van der Waals surface area contributed by atoms with E-state index in [1.165, 1.54) is 0 Å². The van der Waals surface area contributed by atoms with Crippen LogP contribution in [0.15, 0.2) is 84.9 Å². The Bertz CT molecular complexity index is 1840. The lowest BCUT2D eigenvalue weighted by Gasteiger charge is -2.48. The van der Waals surface area contributed by atoms with Crippen molar-refractivity contribution in [1.29, 1.82) is 0 Å². The van der Waals surface area contributed by atoms with E-state index in [4.69, 9.17) is 20.2 Å². The number of aryl methyl sites for hydroxylation is 3. The highest BCUT2D eigenvalue weighted by atomic mass is 16.5. The molecule has 2 atom stereocenters. The van der Waals surface area contributed by atoms with Crippen molar-refractivity contribution in [2.75, 3.05) is 5.73 Å². The molecule has 0 saturated heterocycles. The minimum Gasteiger partial charge on any atom is -0.465 e. The van der Waals surface area contributed by atoms with Crippen LogP contribution in [-0.4, -0.2) is 25.9 Å². The number of hydrogen-bond donors (Lipinski definition) is 4. The number of carbonyl (C=O) groups is 1. The highest BCUT2D eigenvalue weighted by Crippen LogP contribution is 2.51. The van der Waals surface area contributed by atoms with Crippen molar-refractivity contribution in [3.63, 3.8) is 0 Å². The number of ether oxygens (including phenoxy) is 2. The first-order valence-corrected chi connectivity index (χ1v) is 14.3. The molecule has 0 radical (unpaired) electrons. The van der Waals surface area contributed by atoms with Crippen LogP contribution in [0.3, 0.4) is 0 Å². The average molecular weight is 595 g/mol. The van der Waals surface area contributed by atoms with E-state index in [9.17, 15) is 15.0 Å². The molecular formula is C35H38N4O5. The Kier molecular flexibility index (Phi) is 8.01. The maximum atomic E-state index is 12.5. The Hall–Kier alpha value is -5.02. The van der Waals surface area contributed by atoms with Gasteiger partial charge in [-0.05, 0) is 85.0 Å². The molecule has 0 aliphatic carbocycles. The van der Waals surface area contributed by atoms with Crippen LogP contribution in [0.25, 0.3) is 11.0 Å². The Morgan fingerprint density at radius 1 is 0.864 bits per heavy atom. The first kappa shape index (κ1) is 30.4. The SMILES string of the molecule is Cc1cccc(Oc2ccc(N)c(C(NC(=O)O)(C(O)c3nc4ccc(Oc5cccc(C)c5)cc4n3C)C(C)(C)C)c2)c1. The second-order valence-electron chi connectivity index (χ2n) is 12.2. The lowest BCUT2D eigenvalue weighted by Crippen LogP contribution is -2.58. The minimum atomic E-state index is -1.65. The van der Waals surface area contributed by atoms with Crippen LogP contribution in [0.4, 0.5) is 10.5 Å². The van der Waals surface area contributed by atoms with E-state index in [2.05, 4.69) is 5.32 Å². The molecule has 9 nitrogen and oxygen atoms in total. The van der Waals surface area contributed by atoms with Gasteiger partial charge in [0.2, 0.25) is 0 Å². The van der Waals surface area contributed by atoms with Gasteiger partial charge in [0.1, 0.15) is 40.5 Å². The fourth-order valence-corrected chi connectivity index (χ4v) is 5.71. The number of aliphatic hydroxyl groups excluding tert-OH is 1. The maximum Gasteiger partial charge on any atom is 0.405 e. The summed E-state index contributed by atoms with van der Waals surface area (Å²) in [6, 6.07) is 25.8. The summed E-state index contributed by atoms with van der Waals surface area (Å²) >= 11 is 0. The summed E-state index contributed by atoms with van der Waals surface area (Å²) in [5, 5.41) is 25.1. The van der Waals surface area contributed by atoms with E-state index in [-0.39, 0.29) is 11.5 Å². The molecular weight excluding hydrogens is 556 g/mol. The Labute approximate surface area is 256 Å². The number of aromatic nitrogens is 2. The van der Waals surface area contributed by atoms with Gasteiger partial charge in [-0.15, -0.1) is 0 Å². The summed E-state index contributed by atoms with van der Waals surface area (Å²) in [5.74, 6) is 2.61. The number of fused-ring (bicyclic) bond motifs is 1. The predicted octanol–water partition coefficient (Wildman–Crippen LogP) is 7.60. The number of amides is 1. The predicted molar refractivity (Wildman–Crippen MR) is 171 cm³/mol. The maximum absolute atomic E-state index is 12.5. The van der Waals surface area contributed by atoms with E-state index in [0.717, 1.165) is 11.1 Å². The van der Waals surface area contributed by atoms with Gasteiger partial charge < -0.3 is 35.3 Å². The zero-order valence-corrected chi connectivity index (χ0v) is 25.8. The highest BCUT2D eigenvalue weighted by molar-refractivity contribution is 5.78. The number of benzene rings is 4. The summed E-state index contributed by atoms with van der Waals surface area (Å²) in [6.07, 6.45) is -2.79. The number of imidazole rings is 1. The van der Waals surface area contributed by atoms with E-state index in [0.29, 0.717) is 39.6 Å². The Balaban J connectivity index is 1.63. The second kappa shape index (κ2) is 11.6. The van der Waals surface area contributed by atoms with Gasteiger partial charge in [0.15, 0.2) is 0 Å². The van der Waals surface area contributed by atoms with Crippen molar-refractivity contribution in [1.82, 2.24) is 14.9 Å². The van der Waals surface area contributed by atoms with Crippen LogP contribution in [0.1, 0.15) is 49.4 Å². The van der Waals surface area contributed by atoms with Crippen LogP contribution < -0.4 is 20.5 Å². The summed E-state index contributed by atoms with van der Waals surface area (Å²) in [4.78, 5) is 17.2. The summed E-state index contributed by atoms with van der Waals surface area (Å²) in [7, 11) is 1.78. The fourth-order valence-electron chi connectivity index (χ4n) is 5.71.